The quantitative estimate of drug-likeness (QED) is 0.646. The van der Waals surface area contributed by atoms with E-state index < -0.39 is 24.2 Å². The van der Waals surface area contributed by atoms with Crippen LogP contribution in [0.5, 0.6) is 0 Å². The fourth-order valence-corrected chi connectivity index (χ4v) is 0.395. The minimum absolute atomic E-state index is 0.418. The Hall–Kier alpha value is -0.780. The molecule has 66 valence electrons. The van der Waals surface area contributed by atoms with Crippen LogP contribution in [-0.2, 0) is 4.79 Å². The summed E-state index contributed by atoms with van der Waals surface area (Å²) in [5.74, 6) is -1.69. The van der Waals surface area contributed by atoms with Crippen LogP contribution >= 0.6 is 0 Å². The predicted octanol–water partition coefficient (Wildman–Crippen LogP) is 0.774. The van der Waals surface area contributed by atoms with Crippen LogP contribution in [0.3, 0.4) is 0 Å². The highest BCUT2D eigenvalue weighted by Gasteiger charge is 2.51. The maximum Gasteiger partial charge on any atom is 0.417 e. The van der Waals surface area contributed by atoms with Gasteiger partial charge in [0.1, 0.15) is 0 Å². The Morgan fingerprint density at radius 1 is 1.45 bits per heavy atom. The topological polar surface area (TPSA) is 57.5 Å². The third-order valence-electron chi connectivity index (χ3n) is 1.11. The summed E-state index contributed by atoms with van der Waals surface area (Å²) in [5, 5.41) is 16.5. The molecule has 0 radical (unpaired) electrons. The van der Waals surface area contributed by atoms with Gasteiger partial charge in [0, 0.05) is 0 Å². The van der Waals surface area contributed by atoms with E-state index in [1.165, 1.54) is 0 Å². The molecule has 0 aliphatic rings. The highest BCUT2D eigenvalue weighted by Crippen LogP contribution is 2.32. The van der Waals surface area contributed by atoms with Gasteiger partial charge in [0.05, 0.1) is 6.42 Å². The summed E-state index contributed by atoms with van der Waals surface area (Å²) >= 11 is 0. The van der Waals surface area contributed by atoms with Gasteiger partial charge >= 0.3 is 12.1 Å². The minimum Gasteiger partial charge on any atom is -0.481 e. The molecular formula is C5H7F3O3. The van der Waals surface area contributed by atoms with E-state index in [2.05, 4.69) is 0 Å². The first kappa shape index (κ1) is 10.2. The monoisotopic (exact) mass is 172 g/mol. The van der Waals surface area contributed by atoms with Crippen LogP contribution in [0, 0.1) is 0 Å². The van der Waals surface area contributed by atoms with E-state index in [0.29, 0.717) is 6.92 Å². The standard InChI is InChI=1S/C5H7F3O3/c1-4(11,2-3(9)10)5(6,7)8/h11H,2H2,1H3,(H,9,10)/t4-/m1/s1. The zero-order chi connectivity index (χ0) is 9.28. The molecule has 0 unspecified atom stereocenters. The van der Waals surface area contributed by atoms with E-state index in [9.17, 15) is 18.0 Å². The van der Waals surface area contributed by atoms with Crippen molar-refractivity contribution in [2.24, 2.45) is 0 Å². The summed E-state index contributed by atoms with van der Waals surface area (Å²) < 4.78 is 35.0. The van der Waals surface area contributed by atoms with E-state index >= 15 is 0 Å². The summed E-state index contributed by atoms with van der Waals surface area (Å²) in [6.45, 7) is 0.418. The third kappa shape index (κ3) is 2.75. The highest BCUT2D eigenvalue weighted by molar-refractivity contribution is 5.68. The van der Waals surface area contributed by atoms with Gasteiger partial charge in [-0.1, -0.05) is 0 Å². The van der Waals surface area contributed by atoms with Crippen molar-refractivity contribution in [3.63, 3.8) is 0 Å². The number of hydrogen-bond acceptors (Lipinski definition) is 2. The molecule has 0 fully saturated rings. The molecule has 11 heavy (non-hydrogen) atoms. The van der Waals surface area contributed by atoms with Crippen LogP contribution in [0.1, 0.15) is 13.3 Å². The second kappa shape index (κ2) is 2.69. The Kier molecular flexibility index (Phi) is 2.50. The smallest absolute Gasteiger partial charge is 0.417 e. The number of hydrogen-bond donors (Lipinski definition) is 2. The fraction of sp³-hybridized carbons (Fsp3) is 0.800. The van der Waals surface area contributed by atoms with Gasteiger partial charge in [-0.3, -0.25) is 4.79 Å². The van der Waals surface area contributed by atoms with Crippen LogP contribution in [0.25, 0.3) is 0 Å². The summed E-state index contributed by atoms with van der Waals surface area (Å²) in [4.78, 5) is 9.80. The molecule has 0 spiro atoms. The number of carboxylic acid groups (broad SMARTS) is 1. The fourth-order valence-electron chi connectivity index (χ4n) is 0.395. The predicted molar refractivity (Wildman–Crippen MR) is 28.9 cm³/mol. The Balaban J connectivity index is 4.34. The van der Waals surface area contributed by atoms with Crippen LogP contribution in [0.4, 0.5) is 13.2 Å². The minimum atomic E-state index is -4.90. The summed E-state index contributed by atoms with van der Waals surface area (Å²) in [6, 6.07) is 0. The number of carbonyl (C=O) groups is 1. The van der Waals surface area contributed by atoms with Crippen molar-refractivity contribution < 1.29 is 28.2 Å². The zero-order valence-electron chi connectivity index (χ0n) is 5.64. The molecule has 1 atom stereocenters. The molecule has 0 aromatic carbocycles. The highest BCUT2D eigenvalue weighted by atomic mass is 19.4. The van der Waals surface area contributed by atoms with Crippen LogP contribution in [0.2, 0.25) is 0 Å². The lowest BCUT2D eigenvalue weighted by molar-refractivity contribution is -0.255. The number of rotatable bonds is 2. The molecule has 0 aromatic heterocycles. The average Bonchev–Trinajstić information content (AvgIpc) is 1.56. The molecule has 0 rings (SSSR count). The molecule has 2 N–H and O–H groups in total. The van der Waals surface area contributed by atoms with Crippen molar-refractivity contribution in [2.75, 3.05) is 0 Å². The van der Waals surface area contributed by atoms with Crippen molar-refractivity contribution in [1.29, 1.82) is 0 Å². The summed E-state index contributed by atoms with van der Waals surface area (Å²) in [5.41, 5.74) is -3.14. The summed E-state index contributed by atoms with van der Waals surface area (Å²) in [7, 11) is 0. The van der Waals surface area contributed by atoms with E-state index in [0.717, 1.165) is 0 Å². The second-order valence-corrected chi connectivity index (χ2v) is 2.34. The van der Waals surface area contributed by atoms with E-state index in [1.807, 2.05) is 0 Å². The molecular weight excluding hydrogens is 165 g/mol. The Labute approximate surface area is 60.4 Å². The van der Waals surface area contributed by atoms with Gasteiger partial charge in [0.2, 0.25) is 0 Å². The average molecular weight is 172 g/mol. The van der Waals surface area contributed by atoms with Crippen molar-refractivity contribution in [3.8, 4) is 0 Å². The molecule has 0 saturated carbocycles. The maximum atomic E-state index is 11.7. The Morgan fingerprint density at radius 2 is 1.82 bits per heavy atom. The second-order valence-electron chi connectivity index (χ2n) is 2.34. The Morgan fingerprint density at radius 3 is 1.91 bits per heavy atom. The SMILES string of the molecule is C[C@@](O)(CC(=O)O)C(F)(F)F. The van der Waals surface area contributed by atoms with E-state index in [1.54, 1.807) is 0 Å². The number of alkyl halides is 3. The third-order valence-corrected chi connectivity index (χ3v) is 1.11. The van der Waals surface area contributed by atoms with E-state index in [4.69, 9.17) is 10.2 Å². The first-order valence-corrected chi connectivity index (χ1v) is 2.68. The van der Waals surface area contributed by atoms with Gasteiger partial charge in [0.25, 0.3) is 0 Å². The number of aliphatic carboxylic acids is 1. The lowest BCUT2D eigenvalue weighted by Crippen LogP contribution is -2.43. The van der Waals surface area contributed by atoms with Gasteiger partial charge in [-0.25, -0.2) is 0 Å². The lowest BCUT2D eigenvalue weighted by Gasteiger charge is -2.23. The molecule has 0 aliphatic heterocycles. The molecule has 0 amide bonds. The number of aliphatic hydroxyl groups is 1. The van der Waals surface area contributed by atoms with Crippen molar-refractivity contribution in [3.05, 3.63) is 0 Å². The van der Waals surface area contributed by atoms with Crippen LogP contribution in [0.15, 0.2) is 0 Å². The summed E-state index contributed by atoms with van der Waals surface area (Å²) in [6.07, 6.45) is -6.23. The van der Waals surface area contributed by atoms with Gasteiger partial charge in [-0.05, 0) is 6.92 Å². The number of carboxylic acids is 1. The van der Waals surface area contributed by atoms with Crippen LogP contribution in [-0.4, -0.2) is 28.0 Å². The molecule has 6 heteroatoms. The number of halogens is 3. The van der Waals surface area contributed by atoms with Crippen molar-refractivity contribution >= 4 is 5.97 Å². The normalized spacial score (nSPS) is 17.5. The van der Waals surface area contributed by atoms with Gasteiger partial charge in [-0.2, -0.15) is 13.2 Å². The van der Waals surface area contributed by atoms with Crippen molar-refractivity contribution in [2.45, 2.75) is 25.1 Å². The van der Waals surface area contributed by atoms with Gasteiger partial charge < -0.3 is 10.2 Å². The molecule has 0 aliphatic carbocycles. The van der Waals surface area contributed by atoms with Gasteiger partial charge in [0.15, 0.2) is 5.60 Å². The lowest BCUT2D eigenvalue weighted by atomic mass is 10.0. The van der Waals surface area contributed by atoms with Crippen LogP contribution < -0.4 is 0 Å². The molecule has 0 bridgehead atoms. The van der Waals surface area contributed by atoms with E-state index in [-0.39, 0.29) is 0 Å². The first-order chi connectivity index (χ1) is 4.67. The maximum absolute atomic E-state index is 11.7. The molecule has 0 heterocycles. The molecule has 0 aromatic rings. The Bertz CT molecular complexity index is 161. The zero-order valence-corrected chi connectivity index (χ0v) is 5.64. The van der Waals surface area contributed by atoms with Crippen molar-refractivity contribution in [1.82, 2.24) is 0 Å². The largest absolute Gasteiger partial charge is 0.481 e. The first-order valence-electron chi connectivity index (χ1n) is 2.68. The molecule has 3 nitrogen and oxygen atoms in total. The van der Waals surface area contributed by atoms with Gasteiger partial charge in [-0.15, -0.1) is 0 Å². The molecule has 0 saturated heterocycles.